The van der Waals surface area contributed by atoms with Gasteiger partial charge < -0.3 is 5.32 Å². The number of carbonyl (C=O) groups is 1. The molecule has 1 aliphatic carbocycles. The number of aryl methyl sites for hydroxylation is 1. The minimum Gasteiger partial charge on any atom is -0.312 e. The van der Waals surface area contributed by atoms with Crippen molar-refractivity contribution in [1.82, 2.24) is 0 Å². The molecule has 0 spiro atoms. The molecule has 0 atom stereocenters. The lowest BCUT2D eigenvalue weighted by Crippen LogP contribution is -2.11. The van der Waals surface area contributed by atoms with Gasteiger partial charge in [-0.25, -0.2) is 0 Å². The van der Waals surface area contributed by atoms with Crippen molar-refractivity contribution in [3.63, 3.8) is 0 Å². The Bertz CT molecular complexity index is 997. The van der Waals surface area contributed by atoms with Crippen LogP contribution in [0.5, 0.6) is 0 Å². The first-order valence-electron chi connectivity index (χ1n) is 8.61. The predicted octanol–water partition coefficient (Wildman–Crippen LogP) is 5.29. The highest BCUT2D eigenvalue weighted by Gasteiger charge is 2.21. The Kier molecular flexibility index (Phi) is 4.25. The van der Waals surface area contributed by atoms with Gasteiger partial charge in [0.2, 0.25) is 0 Å². The van der Waals surface area contributed by atoms with Gasteiger partial charge in [-0.3, -0.25) is 4.79 Å². The molecule has 0 aliphatic heterocycles. The van der Waals surface area contributed by atoms with Crippen molar-refractivity contribution in [2.75, 3.05) is 5.32 Å². The number of nitriles is 1. The van der Waals surface area contributed by atoms with Crippen LogP contribution in [0.25, 0.3) is 10.8 Å². The number of carbonyl (C=O) groups excluding carboxylic acids is 1. The van der Waals surface area contributed by atoms with Gasteiger partial charge in [0.1, 0.15) is 11.1 Å². The summed E-state index contributed by atoms with van der Waals surface area (Å²) in [5.41, 5.74) is 2.43. The zero-order chi connectivity index (χ0) is 17.2. The van der Waals surface area contributed by atoms with Crippen molar-refractivity contribution in [2.24, 2.45) is 0 Å². The van der Waals surface area contributed by atoms with E-state index in [4.69, 9.17) is 0 Å². The number of hydrogen-bond donors (Lipinski definition) is 1. The lowest BCUT2D eigenvalue weighted by atomic mass is 10.1. The molecule has 0 saturated heterocycles. The number of fused-ring (bicyclic) bond motifs is 2. The van der Waals surface area contributed by atoms with Crippen LogP contribution in [0.3, 0.4) is 0 Å². The third kappa shape index (κ3) is 3.04. The largest absolute Gasteiger partial charge is 0.312 e. The maximum absolute atomic E-state index is 12.7. The third-order valence-corrected chi connectivity index (χ3v) is 5.98. The Balaban J connectivity index is 1.65. The number of nitrogens with one attached hydrogen (secondary N) is 1. The minimum atomic E-state index is -0.154. The molecule has 2 aromatic carbocycles. The van der Waals surface area contributed by atoms with Gasteiger partial charge in [0.05, 0.1) is 5.56 Å². The molecule has 25 heavy (non-hydrogen) atoms. The summed E-state index contributed by atoms with van der Waals surface area (Å²) >= 11 is 1.57. The number of hydrogen-bond acceptors (Lipinski definition) is 3. The number of nitrogens with zero attached hydrogens (tertiary/aromatic N) is 1. The molecule has 0 bridgehead atoms. The Hall–Kier alpha value is -2.64. The van der Waals surface area contributed by atoms with E-state index in [-0.39, 0.29) is 5.91 Å². The quantitative estimate of drug-likeness (QED) is 0.641. The molecule has 1 heterocycles. The van der Waals surface area contributed by atoms with Crippen LogP contribution in [0.4, 0.5) is 5.00 Å². The van der Waals surface area contributed by atoms with Crippen LogP contribution in [0, 0.1) is 11.3 Å². The highest BCUT2D eigenvalue weighted by Crippen LogP contribution is 2.37. The molecule has 4 rings (SSSR count). The second-order valence-corrected chi connectivity index (χ2v) is 7.50. The first-order valence-corrected chi connectivity index (χ1v) is 9.42. The first-order chi connectivity index (χ1) is 12.3. The second-order valence-electron chi connectivity index (χ2n) is 6.40. The lowest BCUT2D eigenvalue weighted by Gasteiger charge is -2.05. The van der Waals surface area contributed by atoms with Gasteiger partial charge in [-0.2, -0.15) is 5.26 Å². The van der Waals surface area contributed by atoms with E-state index in [0.717, 1.165) is 42.0 Å². The van der Waals surface area contributed by atoms with Crippen LogP contribution >= 0.6 is 11.3 Å². The summed E-state index contributed by atoms with van der Waals surface area (Å²) in [6, 6.07) is 16.0. The lowest BCUT2D eigenvalue weighted by molar-refractivity contribution is 0.102. The molecule has 0 radical (unpaired) electrons. The number of thiophene rings is 1. The summed E-state index contributed by atoms with van der Waals surface area (Å²) in [6.45, 7) is 0. The maximum Gasteiger partial charge on any atom is 0.256 e. The number of rotatable bonds is 2. The average Bonchev–Trinajstić information content (AvgIpc) is 2.80. The van der Waals surface area contributed by atoms with E-state index in [1.807, 2.05) is 42.5 Å². The molecule has 4 heteroatoms. The SMILES string of the molecule is N#Cc1c(NC(=O)c2ccc3ccccc3c2)sc2c1CCCCC2. The Labute approximate surface area is 150 Å². The Morgan fingerprint density at radius 1 is 1.04 bits per heavy atom. The Morgan fingerprint density at radius 2 is 1.84 bits per heavy atom. The number of benzene rings is 2. The van der Waals surface area contributed by atoms with Gasteiger partial charge in [0.15, 0.2) is 0 Å². The van der Waals surface area contributed by atoms with Crippen LogP contribution in [0.2, 0.25) is 0 Å². The molecular formula is C21H18N2OS. The molecule has 124 valence electrons. The van der Waals surface area contributed by atoms with E-state index in [1.165, 1.54) is 11.3 Å². The standard InChI is InChI=1S/C21H18N2OS/c22-13-18-17-8-2-1-3-9-19(17)25-21(18)23-20(24)16-11-10-14-6-4-5-7-15(14)12-16/h4-7,10-12H,1-3,8-9H2,(H,23,24). The van der Waals surface area contributed by atoms with E-state index in [9.17, 15) is 10.1 Å². The van der Waals surface area contributed by atoms with E-state index in [1.54, 1.807) is 11.3 Å². The summed E-state index contributed by atoms with van der Waals surface area (Å²) in [4.78, 5) is 14.0. The Morgan fingerprint density at radius 3 is 2.68 bits per heavy atom. The van der Waals surface area contributed by atoms with Crippen molar-refractivity contribution in [3.05, 3.63) is 64.0 Å². The molecule has 3 aromatic rings. The molecule has 1 amide bonds. The van der Waals surface area contributed by atoms with Gasteiger partial charge in [-0.05, 0) is 54.2 Å². The summed E-state index contributed by atoms with van der Waals surface area (Å²) in [6.07, 6.45) is 5.46. The fourth-order valence-electron chi connectivity index (χ4n) is 3.45. The normalized spacial score (nSPS) is 13.7. The van der Waals surface area contributed by atoms with Crippen LogP contribution in [0.15, 0.2) is 42.5 Å². The third-order valence-electron chi connectivity index (χ3n) is 4.77. The van der Waals surface area contributed by atoms with Crippen LogP contribution in [-0.2, 0) is 12.8 Å². The highest BCUT2D eigenvalue weighted by atomic mass is 32.1. The van der Waals surface area contributed by atoms with E-state index < -0.39 is 0 Å². The summed E-state index contributed by atoms with van der Waals surface area (Å²) in [5, 5.41) is 15.4. The molecule has 0 fully saturated rings. The second kappa shape index (κ2) is 6.70. The van der Waals surface area contributed by atoms with Crippen LogP contribution in [0.1, 0.15) is 45.6 Å². The van der Waals surface area contributed by atoms with Gasteiger partial charge >= 0.3 is 0 Å². The van der Waals surface area contributed by atoms with Gasteiger partial charge in [-0.1, -0.05) is 36.8 Å². The van der Waals surface area contributed by atoms with Crippen LogP contribution in [-0.4, -0.2) is 5.91 Å². The fourth-order valence-corrected chi connectivity index (χ4v) is 4.69. The highest BCUT2D eigenvalue weighted by molar-refractivity contribution is 7.16. The van der Waals surface area contributed by atoms with E-state index >= 15 is 0 Å². The number of amides is 1. The molecule has 0 unspecified atom stereocenters. The fraction of sp³-hybridized carbons (Fsp3) is 0.238. The monoisotopic (exact) mass is 346 g/mol. The molecule has 0 saturated carbocycles. The zero-order valence-corrected chi connectivity index (χ0v) is 14.7. The maximum atomic E-state index is 12.7. The molecule has 1 N–H and O–H groups in total. The molecule has 3 nitrogen and oxygen atoms in total. The van der Waals surface area contributed by atoms with Crippen molar-refractivity contribution in [2.45, 2.75) is 32.1 Å². The molecule has 1 aliphatic rings. The summed E-state index contributed by atoms with van der Waals surface area (Å²) in [5.74, 6) is -0.154. The van der Waals surface area contributed by atoms with Crippen LogP contribution < -0.4 is 5.32 Å². The predicted molar refractivity (Wildman–Crippen MR) is 102 cm³/mol. The molecular weight excluding hydrogens is 328 g/mol. The van der Waals surface area contributed by atoms with Gasteiger partial charge in [-0.15, -0.1) is 11.3 Å². The van der Waals surface area contributed by atoms with Crippen molar-refractivity contribution < 1.29 is 4.79 Å². The number of anilines is 1. The van der Waals surface area contributed by atoms with Gasteiger partial charge in [0.25, 0.3) is 5.91 Å². The summed E-state index contributed by atoms with van der Waals surface area (Å²) in [7, 11) is 0. The van der Waals surface area contributed by atoms with Crippen molar-refractivity contribution >= 4 is 33.0 Å². The zero-order valence-electron chi connectivity index (χ0n) is 13.8. The smallest absolute Gasteiger partial charge is 0.256 e. The van der Waals surface area contributed by atoms with Crippen molar-refractivity contribution in [1.29, 1.82) is 5.26 Å². The topological polar surface area (TPSA) is 52.9 Å². The van der Waals surface area contributed by atoms with Gasteiger partial charge in [0, 0.05) is 10.4 Å². The van der Waals surface area contributed by atoms with E-state index in [2.05, 4.69) is 11.4 Å². The first kappa shape index (κ1) is 15.9. The van der Waals surface area contributed by atoms with E-state index in [0.29, 0.717) is 16.1 Å². The summed E-state index contributed by atoms with van der Waals surface area (Å²) < 4.78 is 0. The molecule has 1 aromatic heterocycles. The van der Waals surface area contributed by atoms with Crippen molar-refractivity contribution in [3.8, 4) is 6.07 Å². The average molecular weight is 346 g/mol. The minimum absolute atomic E-state index is 0.154.